The van der Waals surface area contributed by atoms with E-state index in [1.54, 1.807) is 11.8 Å². The van der Waals surface area contributed by atoms with Crippen molar-refractivity contribution < 1.29 is 5.11 Å². The Morgan fingerprint density at radius 2 is 2.20 bits per heavy atom. The summed E-state index contributed by atoms with van der Waals surface area (Å²) in [5.41, 5.74) is 3.61. The van der Waals surface area contributed by atoms with Crippen LogP contribution < -0.4 is 0 Å². The number of aromatic nitrogens is 2. The molecule has 1 heterocycles. The van der Waals surface area contributed by atoms with Crippen LogP contribution in [0.5, 0.6) is 5.75 Å². The monoisotopic (exact) mass is 222 g/mol. The van der Waals surface area contributed by atoms with E-state index in [0.717, 1.165) is 33.1 Å². The van der Waals surface area contributed by atoms with E-state index in [2.05, 4.69) is 16.9 Å². The van der Waals surface area contributed by atoms with E-state index in [0.29, 0.717) is 5.75 Å². The second kappa shape index (κ2) is 3.77. The number of phenols is 1. The Morgan fingerprint density at radius 1 is 1.47 bits per heavy atom. The largest absolute Gasteiger partial charge is 0.507 e. The molecule has 1 aromatic heterocycles. The molecule has 0 unspecified atom stereocenters. The van der Waals surface area contributed by atoms with Gasteiger partial charge in [0.15, 0.2) is 5.16 Å². The highest BCUT2D eigenvalue weighted by Gasteiger charge is 2.10. The average molecular weight is 222 g/mol. The zero-order chi connectivity index (χ0) is 11.0. The van der Waals surface area contributed by atoms with Gasteiger partial charge >= 0.3 is 0 Å². The van der Waals surface area contributed by atoms with Gasteiger partial charge in [-0.15, -0.1) is 0 Å². The fourth-order valence-corrected chi connectivity index (χ4v) is 2.26. The van der Waals surface area contributed by atoms with E-state index < -0.39 is 0 Å². The normalized spacial score (nSPS) is 11.1. The first-order valence-corrected chi connectivity index (χ1v) is 5.93. The van der Waals surface area contributed by atoms with Crippen molar-refractivity contribution in [2.45, 2.75) is 25.9 Å². The molecule has 0 amide bonds. The topological polar surface area (TPSA) is 48.9 Å². The molecule has 2 N–H and O–H groups in total. The quantitative estimate of drug-likeness (QED) is 0.768. The molecule has 0 aliphatic heterocycles. The maximum absolute atomic E-state index is 9.78. The molecule has 0 saturated heterocycles. The van der Waals surface area contributed by atoms with E-state index in [1.165, 1.54) is 0 Å². The van der Waals surface area contributed by atoms with Crippen LogP contribution in [-0.4, -0.2) is 20.8 Å². The molecule has 2 rings (SSSR count). The lowest BCUT2D eigenvalue weighted by Gasteiger charge is -2.02. The molecule has 3 nitrogen and oxygen atoms in total. The number of benzene rings is 1. The van der Waals surface area contributed by atoms with E-state index in [1.807, 2.05) is 19.9 Å². The van der Waals surface area contributed by atoms with Crippen molar-refractivity contribution in [1.29, 1.82) is 0 Å². The number of phenolic OH excluding ortho intramolecular Hbond substituents is 1. The van der Waals surface area contributed by atoms with Gasteiger partial charge in [0.05, 0.1) is 11.0 Å². The number of H-pyrrole nitrogens is 1. The van der Waals surface area contributed by atoms with Crippen molar-refractivity contribution >= 4 is 22.8 Å². The lowest BCUT2D eigenvalue weighted by atomic mass is 10.1. The number of imidazole rings is 1. The molecule has 0 radical (unpaired) electrons. The second-order valence-electron chi connectivity index (χ2n) is 3.54. The molecule has 0 atom stereocenters. The van der Waals surface area contributed by atoms with Gasteiger partial charge in [-0.3, -0.25) is 0 Å². The van der Waals surface area contributed by atoms with Gasteiger partial charge in [-0.2, -0.15) is 0 Å². The molecule has 0 aliphatic rings. The lowest BCUT2D eigenvalue weighted by Crippen LogP contribution is -1.82. The van der Waals surface area contributed by atoms with Crippen molar-refractivity contribution in [3.05, 3.63) is 17.2 Å². The maximum Gasteiger partial charge on any atom is 0.166 e. The molecule has 0 fully saturated rings. The van der Waals surface area contributed by atoms with Gasteiger partial charge in [0.1, 0.15) is 5.75 Å². The van der Waals surface area contributed by atoms with Crippen LogP contribution >= 0.6 is 11.8 Å². The van der Waals surface area contributed by atoms with Crippen molar-refractivity contribution in [2.75, 3.05) is 5.75 Å². The number of fused-ring (bicyclic) bond motifs is 1. The summed E-state index contributed by atoms with van der Waals surface area (Å²) in [4.78, 5) is 7.70. The van der Waals surface area contributed by atoms with Crippen LogP contribution in [0.4, 0.5) is 0 Å². The summed E-state index contributed by atoms with van der Waals surface area (Å²) in [6, 6.07) is 1.93. The second-order valence-corrected chi connectivity index (χ2v) is 4.79. The van der Waals surface area contributed by atoms with E-state index in [4.69, 9.17) is 0 Å². The molecular formula is C11H14N2OS. The van der Waals surface area contributed by atoms with Gasteiger partial charge in [-0.25, -0.2) is 4.98 Å². The SMILES string of the molecule is CCSc1nc2c(C)c(O)c(C)cc2[nH]1. The molecule has 2 aromatic rings. The third kappa shape index (κ3) is 1.69. The molecule has 4 heteroatoms. The summed E-state index contributed by atoms with van der Waals surface area (Å²) in [5.74, 6) is 1.34. The highest BCUT2D eigenvalue weighted by Crippen LogP contribution is 2.30. The predicted octanol–water partition coefficient (Wildman–Crippen LogP) is 3.00. The fraction of sp³-hybridized carbons (Fsp3) is 0.364. The number of thioether (sulfide) groups is 1. The minimum Gasteiger partial charge on any atom is -0.507 e. The van der Waals surface area contributed by atoms with Gasteiger partial charge in [-0.05, 0) is 31.2 Å². The van der Waals surface area contributed by atoms with Crippen LogP contribution in [-0.2, 0) is 0 Å². The first-order valence-electron chi connectivity index (χ1n) is 4.95. The minimum absolute atomic E-state index is 0.349. The smallest absolute Gasteiger partial charge is 0.166 e. The average Bonchev–Trinajstić information content (AvgIpc) is 2.58. The Labute approximate surface area is 92.9 Å². The lowest BCUT2D eigenvalue weighted by molar-refractivity contribution is 0.468. The number of hydrogen-bond donors (Lipinski definition) is 2. The third-order valence-corrected chi connectivity index (χ3v) is 3.19. The summed E-state index contributed by atoms with van der Waals surface area (Å²) in [6.07, 6.45) is 0. The fourth-order valence-electron chi connectivity index (χ4n) is 1.65. The number of rotatable bonds is 2. The molecule has 0 spiro atoms. The summed E-state index contributed by atoms with van der Waals surface area (Å²) in [6.45, 7) is 5.88. The summed E-state index contributed by atoms with van der Waals surface area (Å²) < 4.78 is 0. The van der Waals surface area contributed by atoms with Crippen LogP contribution in [0.3, 0.4) is 0 Å². The summed E-state index contributed by atoms with van der Waals surface area (Å²) >= 11 is 1.67. The molecule has 1 aromatic carbocycles. The minimum atomic E-state index is 0.349. The highest BCUT2D eigenvalue weighted by atomic mass is 32.2. The van der Waals surface area contributed by atoms with Crippen molar-refractivity contribution in [2.24, 2.45) is 0 Å². The predicted molar refractivity (Wildman–Crippen MR) is 63.6 cm³/mol. The Balaban J connectivity index is 2.65. The van der Waals surface area contributed by atoms with Crippen molar-refractivity contribution in [3.63, 3.8) is 0 Å². The van der Waals surface area contributed by atoms with Gasteiger partial charge in [0.25, 0.3) is 0 Å². The van der Waals surface area contributed by atoms with Crippen LogP contribution in [0.1, 0.15) is 18.1 Å². The Hall–Kier alpha value is -1.16. The highest BCUT2D eigenvalue weighted by molar-refractivity contribution is 7.99. The molecule has 0 saturated carbocycles. The van der Waals surface area contributed by atoms with Crippen LogP contribution in [0.2, 0.25) is 0 Å². The molecule has 15 heavy (non-hydrogen) atoms. The zero-order valence-electron chi connectivity index (χ0n) is 9.09. The van der Waals surface area contributed by atoms with E-state index in [-0.39, 0.29) is 0 Å². The summed E-state index contributed by atoms with van der Waals surface area (Å²) in [5, 5.41) is 10.7. The first-order chi connectivity index (χ1) is 7.13. The first kappa shape index (κ1) is 10.4. The number of aromatic hydroxyl groups is 1. The molecular weight excluding hydrogens is 208 g/mol. The number of hydrogen-bond acceptors (Lipinski definition) is 3. The number of nitrogens with zero attached hydrogens (tertiary/aromatic N) is 1. The van der Waals surface area contributed by atoms with E-state index >= 15 is 0 Å². The Morgan fingerprint density at radius 3 is 2.87 bits per heavy atom. The molecule has 0 aliphatic carbocycles. The third-order valence-electron chi connectivity index (χ3n) is 2.44. The van der Waals surface area contributed by atoms with Crippen LogP contribution in [0.25, 0.3) is 11.0 Å². The van der Waals surface area contributed by atoms with E-state index in [9.17, 15) is 5.11 Å². The van der Waals surface area contributed by atoms with Crippen LogP contribution in [0.15, 0.2) is 11.2 Å². The molecule has 80 valence electrons. The van der Waals surface area contributed by atoms with Crippen molar-refractivity contribution in [3.8, 4) is 5.75 Å². The maximum atomic E-state index is 9.78. The van der Waals surface area contributed by atoms with Gasteiger partial charge in [0, 0.05) is 5.56 Å². The van der Waals surface area contributed by atoms with Crippen LogP contribution in [0, 0.1) is 13.8 Å². The summed E-state index contributed by atoms with van der Waals surface area (Å²) in [7, 11) is 0. The van der Waals surface area contributed by atoms with Gasteiger partial charge in [-0.1, -0.05) is 18.7 Å². The Kier molecular flexibility index (Phi) is 2.61. The Bertz CT molecular complexity index is 505. The molecule has 0 bridgehead atoms. The number of aryl methyl sites for hydroxylation is 2. The number of aromatic amines is 1. The zero-order valence-corrected chi connectivity index (χ0v) is 9.90. The van der Waals surface area contributed by atoms with Gasteiger partial charge < -0.3 is 10.1 Å². The van der Waals surface area contributed by atoms with Crippen molar-refractivity contribution in [1.82, 2.24) is 9.97 Å². The van der Waals surface area contributed by atoms with Gasteiger partial charge in [0.2, 0.25) is 0 Å². The standard InChI is InChI=1S/C11H14N2OS/c1-4-15-11-12-8-5-6(2)10(14)7(3)9(8)13-11/h5,14H,4H2,1-3H3,(H,12,13). The number of nitrogens with one attached hydrogen (secondary N) is 1.